The van der Waals surface area contributed by atoms with Crippen molar-refractivity contribution >= 4 is 5.91 Å². The third kappa shape index (κ3) is 2.95. The molecule has 0 aliphatic heterocycles. The molecular formula is C9H18N2O. The van der Waals surface area contributed by atoms with E-state index in [2.05, 4.69) is 0 Å². The molecule has 0 saturated heterocycles. The van der Waals surface area contributed by atoms with E-state index in [-0.39, 0.29) is 5.92 Å². The first-order valence-corrected chi connectivity index (χ1v) is 4.29. The van der Waals surface area contributed by atoms with Gasteiger partial charge < -0.3 is 11.5 Å². The number of amides is 1. The fourth-order valence-electron chi connectivity index (χ4n) is 1.22. The van der Waals surface area contributed by atoms with Crippen LogP contribution in [0.5, 0.6) is 0 Å². The van der Waals surface area contributed by atoms with Gasteiger partial charge in [0.1, 0.15) is 0 Å². The van der Waals surface area contributed by atoms with Crippen molar-refractivity contribution in [1.82, 2.24) is 0 Å². The molecule has 3 heteroatoms. The summed E-state index contributed by atoms with van der Waals surface area (Å²) in [6.45, 7) is 5.86. The monoisotopic (exact) mass is 170 g/mol. The Morgan fingerprint density at radius 3 is 2.08 bits per heavy atom. The van der Waals surface area contributed by atoms with E-state index in [0.29, 0.717) is 11.3 Å². The molecule has 0 spiro atoms. The molecule has 4 N–H and O–H groups in total. The third-order valence-electron chi connectivity index (χ3n) is 1.71. The Balaban J connectivity index is 4.68. The first-order chi connectivity index (χ1) is 5.50. The fourth-order valence-corrected chi connectivity index (χ4v) is 1.22. The highest BCUT2D eigenvalue weighted by atomic mass is 16.1. The van der Waals surface area contributed by atoms with Gasteiger partial charge in [0.2, 0.25) is 5.91 Å². The predicted molar refractivity (Wildman–Crippen MR) is 50.2 cm³/mol. The quantitative estimate of drug-likeness (QED) is 0.621. The Kier molecular flexibility index (Phi) is 4.40. The third-order valence-corrected chi connectivity index (χ3v) is 1.71. The van der Waals surface area contributed by atoms with Crippen LogP contribution in [-0.4, -0.2) is 5.91 Å². The second-order valence-corrected chi connectivity index (χ2v) is 3.21. The lowest BCUT2D eigenvalue weighted by Gasteiger charge is -2.11. The van der Waals surface area contributed by atoms with Crippen LogP contribution in [-0.2, 0) is 4.79 Å². The highest BCUT2D eigenvalue weighted by Crippen LogP contribution is 2.14. The van der Waals surface area contributed by atoms with Crippen molar-refractivity contribution in [3.8, 4) is 0 Å². The molecule has 0 rings (SSSR count). The average Bonchev–Trinajstić information content (AvgIpc) is 1.85. The van der Waals surface area contributed by atoms with Crippen molar-refractivity contribution in [2.45, 2.75) is 33.6 Å². The Bertz CT molecular complexity index is 195. The Hall–Kier alpha value is -0.990. The van der Waals surface area contributed by atoms with E-state index in [1.807, 2.05) is 20.8 Å². The molecule has 0 saturated carbocycles. The van der Waals surface area contributed by atoms with Gasteiger partial charge in [-0.05, 0) is 12.3 Å². The SMILES string of the molecule is CCC/C(N)=C(\C(N)=O)C(C)C. The van der Waals surface area contributed by atoms with Crippen molar-refractivity contribution in [3.63, 3.8) is 0 Å². The molecule has 0 radical (unpaired) electrons. The summed E-state index contributed by atoms with van der Waals surface area (Å²) in [5, 5.41) is 0. The second-order valence-electron chi connectivity index (χ2n) is 3.21. The molecule has 0 atom stereocenters. The van der Waals surface area contributed by atoms with E-state index >= 15 is 0 Å². The lowest BCUT2D eigenvalue weighted by atomic mass is 9.99. The summed E-state index contributed by atoms with van der Waals surface area (Å²) in [4.78, 5) is 10.9. The summed E-state index contributed by atoms with van der Waals surface area (Å²) >= 11 is 0. The van der Waals surface area contributed by atoms with Crippen molar-refractivity contribution < 1.29 is 4.79 Å². The molecule has 0 unspecified atom stereocenters. The summed E-state index contributed by atoms with van der Waals surface area (Å²) in [5.41, 5.74) is 12.1. The molecule has 12 heavy (non-hydrogen) atoms. The van der Waals surface area contributed by atoms with Crippen LogP contribution in [0.15, 0.2) is 11.3 Å². The highest BCUT2D eigenvalue weighted by Gasteiger charge is 2.13. The number of allylic oxidation sites excluding steroid dienone is 1. The standard InChI is InChI=1S/C9H18N2O/c1-4-5-7(10)8(6(2)3)9(11)12/h6H,4-5,10H2,1-3H3,(H2,11,12)/b8-7+. The van der Waals surface area contributed by atoms with Gasteiger partial charge in [-0.3, -0.25) is 4.79 Å². The van der Waals surface area contributed by atoms with Crippen LogP contribution in [0.4, 0.5) is 0 Å². The molecule has 0 fully saturated rings. The van der Waals surface area contributed by atoms with Crippen molar-refractivity contribution in [2.75, 3.05) is 0 Å². The minimum atomic E-state index is -0.393. The van der Waals surface area contributed by atoms with Crippen LogP contribution in [0, 0.1) is 5.92 Å². The smallest absolute Gasteiger partial charge is 0.246 e. The number of carbonyl (C=O) groups is 1. The van der Waals surface area contributed by atoms with E-state index in [1.165, 1.54) is 0 Å². The summed E-state index contributed by atoms with van der Waals surface area (Å²) in [6.07, 6.45) is 1.69. The molecule has 3 nitrogen and oxygen atoms in total. The zero-order valence-electron chi connectivity index (χ0n) is 8.05. The van der Waals surface area contributed by atoms with Gasteiger partial charge in [-0.1, -0.05) is 27.2 Å². The van der Waals surface area contributed by atoms with Gasteiger partial charge in [0.25, 0.3) is 0 Å². The van der Waals surface area contributed by atoms with Gasteiger partial charge in [-0.2, -0.15) is 0 Å². The largest absolute Gasteiger partial charge is 0.402 e. The molecule has 70 valence electrons. The topological polar surface area (TPSA) is 69.1 Å². The van der Waals surface area contributed by atoms with E-state index in [9.17, 15) is 4.79 Å². The lowest BCUT2D eigenvalue weighted by Crippen LogP contribution is -2.22. The molecule has 0 heterocycles. The molecular weight excluding hydrogens is 152 g/mol. The summed E-state index contributed by atoms with van der Waals surface area (Å²) in [5.74, 6) is -0.273. The van der Waals surface area contributed by atoms with Crippen LogP contribution < -0.4 is 11.5 Å². The molecule has 1 amide bonds. The minimum absolute atomic E-state index is 0.119. The Morgan fingerprint density at radius 2 is 1.83 bits per heavy atom. The lowest BCUT2D eigenvalue weighted by molar-refractivity contribution is -0.115. The highest BCUT2D eigenvalue weighted by molar-refractivity contribution is 5.93. The van der Waals surface area contributed by atoms with E-state index in [1.54, 1.807) is 0 Å². The molecule has 0 aromatic carbocycles. The van der Waals surface area contributed by atoms with Crippen LogP contribution in [0.2, 0.25) is 0 Å². The number of primary amides is 1. The van der Waals surface area contributed by atoms with Crippen LogP contribution in [0.25, 0.3) is 0 Å². The van der Waals surface area contributed by atoms with E-state index < -0.39 is 5.91 Å². The summed E-state index contributed by atoms with van der Waals surface area (Å²) in [6, 6.07) is 0. The molecule has 0 aliphatic carbocycles. The van der Waals surface area contributed by atoms with Crippen molar-refractivity contribution in [3.05, 3.63) is 11.3 Å². The zero-order chi connectivity index (χ0) is 9.72. The normalized spacial score (nSPS) is 13.0. The molecule has 0 bridgehead atoms. The maximum absolute atomic E-state index is 10.9. The second kappa shape index (κ2) is 4.80. The van der Waals surface area contributed by atoms with Crippen LogP contribution in [0.3, 0.4) is 0 Å². The summed E-state index contributed by atoms with van der Waals surface area (Å²) < 4.78 is 0. The fraction of sp³-hybridized carbons (Fsp3) is 0.667. The maximum Gasteiger partial charge on any atom is 0.246 e. The number of hydrogen-bond acceptors (Lipinski definition) is 2. The minimum Gasteiger partial charge on any atom is -0.402 e. The van der Waals surface area contributed by atoms with Gasteiger partial charge in [-0.25, -0.2) is 0 Å². The molecule has 0 aliphatic rings. The first-order valence-electron chi connectivity index (χ1n) is 4.29. The van der Waals surface area contributed by atoms with Gasteiger partial charge in [0.05, 0.1) is 0 Å². The number of carbonyl (C=O) groups excluding carboxylic acids is 1. The van der Waals surface area contributed by atoms with E-state index in [4.69, 9.17) is 11.5 Å². The predicted octanol–water partition coefficient (Wildman–Crippen LogP) is 1.14. The Morgan fingerprint density at radius 1 is 1.33 bits per heavy atom. The average molecular weight is 170 g/mol. The van der Waals surface area contributed by atoms with Gasteiger partial charge in [0.15, 0.2) is 0 Å². The summed E-state index contributed by atoms with van der Waals surface area (Å²) in [7, 11) is 0. The van der Waals surface area contributed by atoms with Gasteiger partial charge >= 0.3 is 0 Å². The van der Waals surface area contributed by atoms with E-state index in [0.717, 1.165) is 12.8 Å². The molecule has 0 aromatic heterocycles. The number of nitrogens with two attached hydrogens (primary N) is 2. The first kappa shape index (κ1) is 11.0. The van der Waals surface area contributed by atoms with Crippen molar-refractivity contribution in [1.29, 1.82) is 0 Å². The maximum atomic E-state index is 10.9. The number of hydrogen-bond donors (Lipinski definition) is 2. The van der Waals surface area contributed by atoms with Crippen molar-refractivity contribution in [2.24, 2.45) is 17.4 Å². The zero-order valence-corrected chi connectivity index (χ0v) is 8.05. The van der Waals surface area contributed by atoms with Crippen LogP contribution >= 0.6 is 0 Å². The van der Waals surface area contributed by atoms with Gasteiger partial charge in [-0.15, -0.1) is 0 Å². The number of rotatable bonds is 4. The molecule has 0 aromatic rings. The Labute approximate surface area is 73.8 Å². The van der Waals surface area contributed by atoms with Crippen LogP contribution in [0.1, 0.15) is 33.6 Å². The van der Waals surface area contributed by atoms with Gasteiger partial charge in [0, 0.05) is 11.3 Å².